The summed E-state index contributed by atoms with van der Waals surface area (Å²) in [5, 5.41) is 1.99. The van der Waals surface area contributed by atoms with Gasteiger partial charge in [-0.2, -0.15) is 0 Å². The number of anilines is 1. The Morgan fingerprint density at radius 1 is 1.09 bits per heavy atom. The summed E-state index contributed by atoms with van der Waals surface area (Å²) in [6.45, 7) is 5.61. The van der Waals surface area contributed by atoms with Crippen molar-refractivity contribution in [2.45, 2.75) is 27.2 Å². The molecule has 0 radical (unpaired) electrons. The van der Waals surface area contributed by atoms with E-state index in [4.69, 9.17) is 0 Å². The average Bonchev–Trinajstić information content (AvgIpc) is 3.23. The number of benzene rings is 2. The van der Waals surface area contributed by atoms with Crippen LogP contribution in [0.4, 0.5) is 14.9 Å². The first-order chi connectivity index (χ1) is 16.3. The van der Waals surface area contributed by atoms with Gasteiger partial charge in [-0.15, -0.1) is 0 Å². The molecule has 34 heavy (non-hydrogen) atoms. The second-order valence-corrected chi connectivity index (χ2v) is 9.00. The normalized spacial score (nSPS) is 14.8. The van der Waals surface area contributed by atoms with E-state index in [9.17, 15) is 18.8 Å². The van der Waals surface area contributed by atoms with Crippen molar-refractivity contribution in [1.82, 2.24) is 9.47 Å². The Labute approximate surface area is 201 Å². The fourth-order valence-electron chi connectivity index (χ4n) is 3.90. The topological polar surface area (TPSA) is 71.4 Å². The van der Waals surface area contributed by atoms with Gasteiger partial charge in [0, 0.05) is 22.8 Å². The molecule has 0 atom stereocenters. The van der Waals surface area contributed by atoms with E-state index in [2.05, 4.69) is 41.1 Å². The van der Waals surface area contributed by atoms with Crippen molar-refractivity contribution in [2.75, 3.05) is 11.9 Å². The van der Waals surface area contributed by atoms with Crippen LogP contribution >= 0.6 is 11.8 Å². The summed E-state index contributed by atoms with van der Waals surface area (Å²) in [6.07, 6.45) is 2.65. The second-order valence-electron chi connectivity index (χ2n) is 8.01. The Kier molecular flexibility index (Phi) is 6.70. The van der Waals surface area contributed by atoms with E-state index < -0.39 is 29.4 Å². The molecule has 174 valence electrons. The molecule has 4 rings (SSSR count). The fourth-order valence-corrected chi connectivity index (χ4v) is 4.73. The molecular weight excluding hydrogens is 453 g/mol. The highest BCUT2D eigenvalue weighted by atomic mass is 32.2. The third-order valence-corrected chi connectivity index (χ3v) is 6.55. The summed E-state index contributed by atoms with van der Waals surface area (Å²) in [7, 11) is 0. The number of aromatic nitrogens is 1. The number of imide groups is 1. The number of hydrogen-bond acceptors (Lipinski definition) is 4. The van der Waals surface area contributed by atoms with Crippen molar-refractivity contribution in [3.05, 3.63) is 87.8 Å². The fraction of sp³-hybridized carbons (Fsp3) is 0.192. The zero-order valence-corrected chi connectivity index (χ0v) is 19.9. The summed E-state index contributed by atoms with van der Waals surface area (Å²) in [5.74, 6) is -1.60. The molecule has 2 heterocycles. The van der Waals surface area contributed by atoms with Crippen molar-refractivity contribution in [1.29, 1.82) is 0 Å². The average molecular weight is 478 g/mol. The molecule has 3 aromatic rings. The van der Waals surface area contributed by atoms with E-state index >= 15 is 0 Å². The summed E-state index contributed by atoms with van der Waals surface area (Å²) in [4.78, 5) is 38.8. The predicted octanol–water partition coefficient (Wildman–Crippen LogP) is 5.47. The molecule has 0 saturated carbocycles. The number of nitrogens with one attached hydrogen (secondary N) is 1. The quantitative estimate of drug-likeness (QED) is 0.478. The maximum Gasteiger partial charge on any atom is 0.294 e. The van der Waals surface area contributed by atoms with Crippen LogP contribution in [0.5, 0.6) is 0 Å². The molecule has 0 aliphatic carbocycles. The van der Waals surface area contributed by atoms with Crippen LogP contribution in [0.25, 0.3) is 11.8 Å². The van der Waals surface area contributed by atoms with Gasteiger partial charge < -0.3 is 9.88 Å². The maximum absolute atomic E-state index is 13.3. The molecule has 0 bridgehead atoms. The first-order valence-electron chi connectivity index (χ1n) is 10.9. The van der Waals surface area contributed by atoms with Crippen LogP contribution < -0.4 is 5.32 Å². The van der Waals surface area contributed by atoms with E-state index in [0.717, 1.165) is 51.8 Å². The minimum Gasteiger partial charge on any atom is -0.324 e. The molecule has 1 N–H and O–H groups in total. The number of rotatable bonds is 6. The van der Waals surface area contributed by atoms with Crippen LogP contribution in [-0.4, -0.2) is 33.1 Å². The van der Waals surface area contributed by atoms with E-state index in [1.165, 1.54) is 23.8 Å². The van der Waals surface area contributed by atoms with Gasteiger partial charge >= 0.3 is 0 Å². The van der Waals surface area contributed by atoms with E-state index in [-0.39, 0.29) is 10.6 Å². The number of aryl methyl sites for hydroxylation is 2. The van der Waals surface area contributed by atoms with Crippen molar-refractivity contribution in [3.8, 4) is 5.69 Å². The van der Waals surface area contributed by atoms with Gasteiger partial charge in [-0.05, 0) is 85.6 Å². The summed E-state index contributed by atoms with van der Waals surface area (Å²) >= 11 is 0.801. The summed E-state index contributed by atoms with van der Waals surface area (Å²) in [5.41, 5.74) is 5.30. The highest BCUT2D eigenvalue weighted by Gasteiger charge is 2.36. The number of nitrogens with zero attached hydrogens (tertiary/aromatic N) is 2. The lowest BCUT2D eigenvalue weighted by Crippen LogP contribution is -2.36. The van der Waals surface area contributed by atoms with E-state index in [1.807, 2.05) is 19.9 Å². The van der Waals surface area contributed by atoms with Crippen LogP contribution in [0, 0.1) is 19.7 Å². The highest BCUT2D eigenvalue weighted by molar-refractivity contribution is 8.18. The molecule has 1 aromatic heterocycles. The predicted molar refractivity (Wildman–Crippen MR) is 132 cm³/mol. The number of carbonyl (C=O) groups excluding carboxylic acids is 3. The summed E-state index contributed by atoms with van der Waals surface area (Å²) < 4.78 is 15.4. The number of thioether (sulfide) groups is 1. The molecule has 3 amide bonds. The Hall–Kier alpha value is -3.65. The number of halogens is 1. The number of carbonyl (C=O) groups is 3. The van der Waals surface area contributed by atoms with Crippen molar-refractivity contribution >= 4 is 40.6 Å². The standard InChI is InChI=1S/C26H24FN3O3S/c1-4-18-8-10-22(11-9-18)30-16(2)12-19(17(30)3)13-23-25(32)29(26(33)34-23)15-24(31)28-21-7-5-6-20(27)14-21/h5-14H,4,15H2,1-3H3,(H,28,31)/b23-13+. The SMILES string of the molecule is CCc1ccc(-n2c(C)cc(/C=C3/SC(=O)N(CC(=O)Nc4cccc(F)c4)C3=O)c2C)cc1. The lowest BCUT2D eigenvalue weighted by Gasteiger charge is -2.12. The number of hydrogen-bond donors (Lipinski definition) is 1. The minimum absolute atomic E-state index is 0.255. The molecule has 0 spiro atoms. The van der Waals surface area contributed by atoms with Crippen LogP contribution in [0.1, 0.15) is 29.4 Å². The zero-order valence-electron chi connectivity index (χ0n) is 19.1. The molecule has 6 nitrogen and oxygen atoms in total. The van der Waals surface area contributed by atoms with Gasteiger partial charge in [-0.1, -0.05) is 25.1 Å². The van der Waals surface area contributed by atoms with Gasteiger partial charge in [0.05, 0.1) is 4.91 Å². The van der Waals surface area contributed by atoms with Gasteiger partial charge in [0.1, 0.15) is 12.4 Å². The second kappa shape index (κ2) is 9.69. The van der Waals surface area contributed by atoms with Crippen LogP contribution in [0.3, 0.4) is 0 Å². The van der Waals surface area contributed by atoms with Crippen molar-refractivity contribution in [3.63, 3.8) is 0 Å². The molecule has 1 aliphatic rings. The molecular formula is C26H24FN3O3S. The summed E-state index contributed by atoms with van der Waals surface area (Å²) in [6, 6.07) is 15.7. The van der Waals surface area contributed by atoms with Gasteiger partial charge in [0.2, 0.25) is 5.91 Å². The first kappa shape index (κ1) is 23.5. The monoisotopic (exact) mass is 477 g/mol. The highest BCUT2D eigenvalue weighted by Crippen LogP contribution is 2.33. The van der Waals surface area contributed by atoms with E-state index in [1.54, 1.807) is 6.08 Å². The van der Waals surface area contributed by atoms with Crippen LogP contribution in [-0.2, 0) is 16.0 Å². The van der Waals surface area contributed by atoms with Crippen molar-refractivity contribution < 1.29 is 18.8 Å². The van der Waals surface area contributed by atoms with Gasteiger partial charge in [0.25, 0.3) is 11.1 Å². The molecule has 1 saturated heterocycles. The molecule has 1 fully saturated rings. The Morgan fingerprint density at radius 2 is 1.82 bits per heavy atom. The third-order valence-electron chi connectivity index (χ3n) is 5.64. The van der Waals surface area contributed by atoms with Crippen LogP contribution in [0.2, 0.25) is 0 Å². The lowest BCUT2D eigenvalue weighted by molar-refractivity contribution is -0.127. The maximum atomic E-state index is 13.3. The van der Waals surface area contributed by atoms with Gasteiger partial charge in [-0.25, -0.2) is 4.39 Å². The van der Waals surface area contributed by atoms with Crippen LogP contribution in [0.15, 0.2) is 59.5 Å². The van der Waals surface area contributed by atoms with E-state index in [0.29, 0.717) is 0 Å². The molecule has 1 aliphatic heterocycles. The smallest absolute Gasteiger partial charge is 0.294 e. The Morgan fingerprint density at radius 3 is 2.50 bits per heavy atom. The van der Waals surface area contributed by atoms with Gasteiger partial charge in [0.15, 0.2) is 0 Å². The third kappa shape index (κ3) is 4.82. The Balaban J connectivity index is 1.52. The molecule has 0 unspecified atom stereocenters. The van der Waals surface area contributed by atoms with Crippen molar-refractivity contribution in [2.24, 2.45) is 0 Å². The Bertz CT molecular complexity index is 1310. The number of amides is 3. The lowest BCUT2D eigenvalue weighted by atomic mass is 10.1. The molecule has 2 aromatic carbocycles. The largest absolute Gasteiger partial charge is 0.324 e. The van der Waals surface area contributed by atoms with Gasteiger partial charge in [-0.3, -0.25) is 19.3 Å². The minimum atomic E-state index is -0.581. The molecule has 8 heteroatoms. The zero-order chi connectivity index (χ0) is 24.4. The first-order valence-corrected chi connectivity index (χ1v) is 11.7.